The Hall–Kier alpha value is -1.49. The second-order valence-electron chi connectivity index (χ2n) is 5.91. The van der Waals surface area contributed by atoms with Crippen molar-refractivity contribution < 1.29 is 13.6 Å². The van der Waals surface area contributed by atoms with Crippen molar-refractivity contribution in [1.82, 2.24) is 10.2 Å². The normalized spacial score (nSPS) is 18.5. The van der Waals surface area contributed by atoms with Crippen molar-refractivity contribution in [3.8, 4) is 0 Å². The van der Waals surface area contributed by atoms with Crippen molar-refractivity contribution in [3.63, 3.8) is 0 Å². The second kappa shape index (κ2) is 6.98. The minimum absolute atomic E-state index is 0.147. The number of nitrogens with zero attached hydrogens (tertiary/aromatic N) is 1. The van der Waals surface area contributed by atoms with Crippen LogP contribution in [0.25, 0.3) is 0 Å². The topological polar surface area (TPSA) is 32.3 Å². The molecule has 1 amide bonds. The average Bonchev–Trinajstić information content (AvgIpc) is 2.48. The first-order valence-electron chi connectivity index (χ1n) is 7.44. The number of hydrogen-bond acceptors (Lipinski definition) is 2. The van der Waals surface area contributed by atoms with Crippen molar-refractivity contribution >= 4 is 5.91 Å². The van der Waals surface area contributed by atoms with Gasteiger partial charge in [0, 0.05) is 18.2 Å². The second-order valence-corrected chi connectivity index (χ2v) is 5.91. The summed E-state index contributed by atoms with van der Waals surface area (Å²) in [6.07, 6.45) is 2.36. The van der Waals surface area contributed by atoms with Crippen molar-refractivity contribution in [3.05, 3.63) is 35.4 Å². The maximum absolute atomic E-state index is 13.1. The molecule has 1 aromatic rings. The van der Waals surface area contributed by atoms with Crippen LogP contribution in [0.1, 0.15) is 37.0 Å². The number of piperidine rings is 1. The Bertz CT molecular complexity index is 499. The lowest BCUT2D eigenvalue weighted by Gasteiger charge is -2.35. The fourth-order valence-corrected chi connectivity index (χ4v) is 2.58. The summed E-state index contributed by atoms with van der Waals surface area (Å²) in [7, 11) is 0. The largest absolute Gasteiger partial charge is 0.350 e. The molecule has 1 aliphatic rings. The molecule has 116 valence electrons. The van der Waals surface area contributed by atoms with Crippen LogP contribution in [0.5, 0.6) is 0 Å². The Kier molecular flexibility index (Phi) is 5.28. The zero-order valence-corrected chi connectivity index (χ0v) is 12.5. The summed E-state index contributed by atoms with van der Waals surface area (Å²) in [5.41, 5.74) is 0.147. The minimum Gasteiger partial charge on any atom is -0.350 e. The third-order valence-corrected chi connectivity index (χ3v) is 4.18. The van der Waals surface area contributed by atoms with Crippen molar-refractivity contribution in [2.75, 3.05) is 19.6 Å². The third kappa shape index (κ3) is 4.24. The minimum atomic E-state index is -0.999. The number of benzene rings is 1. The summed E-state index contributed by atoms with van der Waals surface area (Å²) < 4.78 is 25.9. The predicted molar refractivity (Wildman–Crippen MR) is 78.1 cm³/mol. The molecule has 1 saturated heterocycles. The molecule has 1 aliphatic heterocycles. The summed E-state index contributed by atoms with van der Waals surface area (Å²) in [5, 5.41) is 2.78. The molecule has 0 spiro atoms. The van der Waals surface area contributed by atoms with Crippen molar-refractivity contribution in [2.45, 2.75) is 32.7 Å². The lowest BCUT2D eigenvalue weighted by molar-refractivity contribution is 0.0921. The molecule has 1 heterocycles. The summed E-state index contributed by atoms with van der Waals surface area (Å²) in [5.74, 6) is -1.54. The highest BCUT2D eigenvalue weighted by Gasteiger charge is 2.20. The number of amides is 1. The maximum Gasteiger partial charge on any atom is 0.251 e. The van der Waals surface area contributed by atoms with Crippen LogP contribution >= 0.6 is 0 Å². The van der Waals surface area contributed by atoms with Gasteiger partial charge in [0.1, 0.15) is 0 Å². The Morgan fingerprint density at radius 1 is 1.33 bits per heavy atom. The smallest absolute Gasteiger partial charge is 0.251 e. The predicted octanol–water partition coefficient (Wildman–Crippen LogP) is 2.82. The first-order valence-corrected chi connectivity index (χ1v) is 7.44. The number of nitrogens with one attached hydrogen (secondary N) is 1. The maximum atomic E-state index is 13.1. The molecule has 1 fully saturated rings. The molecule has 21 heavy (non-hydrogen) atoms. The number of rotatable bonds is 4. The number of carbonyl (C=O) groups excluding carboxylic acids is 1. The van der Waals surface area contributed by atoms with Crippen LogP contribution in [0.4, 0.5) is 8.78 Å². The Labute approximate surface area is 124 Å². The van der Waals surface area contributed by atoms with Gasteiger partial charge in [0.2, 0.25) is 0 Å². The molecule has 1 N–H and O–H groups in total. The molecule has 3 nitrogen and oxygen atoms in total. The monoisotopic (exact) mass is 296 g/mol. The molecule has 1 atom stereocenters. The van der Waals surface area contributed by atoms with Gasteiger partial charge in [-0.05, 0) is 57.0 Å². The number of carbonyl (C=O) groups is 1. The summed E-state index contributed by atoms with van der Waals surface area (Å²) in [6.45, 7) is 6.92. The van der Waals surface area contributed by atoms with E-state index >= 15 is 0 Å². The Balaban J connectivity index is 1.84. The van der Waals surface area contributed by atoms with Gasteiger partial charge in [-0.25, -0.2) is 8.78 Å². The SMILES string of the molecule is CC1CCN(C(C)CNC(=O)c2ccc(F)c(F)c2)CC1. The highest BCUT2D eigenvalue weighted by molar-refractivity contribution is 5.94. The number of hydrogen-bond donors (Lipinski definition) is 1. The standard InChI is InChI=1S/C16H22F2N2O/c1-11-5-7-20(8-6-11)12(2)10-19-16(21)13-3-4-14(17)15(18)9-13/h3-4,9,11-12H,5-8,10H2,1-2H3,(H,19,21). The van der Waals surface area contributed by atoms with Crippen LogP contribution in [-0.4, -0.2) is 36.5 Å². The molecule has 1 unspecified atom stereocenters. The van der Waals surface area contributed by atoms with Gasteiger partial charge in [0.05, 0.1) is 0 Å². The first-order chi connectivity index (χ1) is 9.97. The van der Waals surface area contributed by atoms with Crippen LogP contribution in [0.15, 0.2) is 18.2 Å². The molecule has 1 aromatic carbocycles. The lowest BCUT2D eigenvalue weighted by Crippen LogP contribution is -2.45. The summed E-state index contributed by atoms with van der Waals surface area (Å²) in [6, 6.07) is 3.44. The van der Waals surface area contributed by atoms with Crippen LogP contribution < -0.4 is 5.32 Å². The zero-order valence-electron chi connectivity index (χ0n) is 12.5. The molecule has 0 radical (unpaired) electrons. The third-order valence-electron chi connectivity index (χ3n) is 4.18. The highest BCUT2D eigenvalue weighted by atomic mass is 19.2. The molecular formula is C16H22F2N2O. The first kappa shape index (κ1) is 15.9. The molecule has 0 bridgehead atoms. The fourth-order valence-electron chi connectivity index (χ4n) is 2.58. The fraction of sp³-hybridized carbons (Fsp3) is 0.562. The van der Waals surface area contributed by atoms with E-state index in [2.05, 4.69) is 24.1 Å². The van der Waals surface area contributed by atoms with Gasteiger partial charge in [-0.3, -0.25) is 9.69 Å². The zero-order chi connectivity index (χ0) is 15.4. The van der Waals surface area contributed by atoms with Gasteiger partial charge in [-0.1, -0.05) is 6.92 Å². The van der Waals surface area contributed by atoms with E-state index in [-0.39, 0.29) is 17.5 Å². The van der Waals surface area contributed by atoms with Crippen molar-refractivity contribution in [1.29, 1.82) is 0 Å². The lowest BCUT2D eigenvalue weighted by atomic mass is 9.98. The van der Waals surface area contributed by atoms with Crippen LogP contribution in [0, 0.1) is 17.6 Å². The van der Waals surface area contributed by atoms with Gasteiger partial charge in [-0.2, -0.15) is 0 Å². The quantitative estimate of drug-likeness (QED) is 0.926. The van der Waals surface area contributed by atoms with E-state index < -0.39 is 11.6 Å². The number of likely N-dealkylation sites (tertiary alicyclic amines) is 1. The van der Waals surface area contributed by atoms with Crippen LogP contribution in [0.3, 0.4) is 0 Å². The highest BCUT2D eigenvalue weighted by Crippen LogP contribution is 2.17. The van der Waals surface area contributed by atoms with E-state index in [4.69, 9.17) is 0 Å². The van der Waals surface area contributed by atoms with Gasteiger partial charge in [-0.15, -0.1) is 0 Å². The van der Waals surface area contributed by atoms with Gasteiger partial charge < -0.3 is 5.32 Å². The van der Waals surface area contributed by atoms with E-state index in [0.717, 1.165) is 31.1 Å². The van der Waals surface area contributed by atoms with Crippen LogP contribution in [-0.2, 0) is 0 Å². The van der Waals surface area contributed by atoms with Gasteiger partial charge in [0.25, 0.3) is 5.91 Å². The molecule has 5 heteroatoms. The van der Waals surface area contributed by atoms with Gasteiger partial charge in [0.15, 0.2) is 11.6 Å². The average molecular weight is 296 g/mol. The van der Waals surface area contributed by atoms with Crippen LogP contribution in [0.2, 0.25) is 0 Å². The summed E-state index contributed by atoms with van der Waals surface area (Å²) >= 11 is 0. The number of halogens is 2. The van der Waals surface area contributed by atoms with E-state index in [0.29, 0.717) is 6.54 Å². The Morgan fingerprint density at radius 3 is 2.62 bits per heavy atom. The molecule has 0 saturated carbocycles. The van der Waals surface area contributed by atoms with Gasteiger partial charge >= 0.3 is 0 Å². The molecule has 0 aromatic heterocycles. The van der Waals surface area contributed by atoms with E-state index in [1.807, 2.05) is 0 Å². The van der Waals surface area contributed by atoms with E-state index in [1.165, 1.54) is 18.9 Å². The van der Waals surface area contributed by atoms with E-state index in [1.54, 1.807) is 0 Å². The molecule has 0 aliphatic carbocycles. The van der Waals surface area contributed by atoms with Crippen molar-refractivity contribution in [2.24, 2.45) is 5.92 Å². The van der Waals surface area contributed by atoms with E-state index in [9.17, 15) is 13.6 Å². The molecular weight excluding hydrogens is 274 g/mol. The Morgan fingerprint density at radius 2 is 2.00 bits per heavy atom. The molecule has 2 rings (SSSR count). The summed E-state index contributed by atoms with van der Waals surface area (Å²) in [4.78, 5) is 14.3.